The number of allylic oxidation sites excluding steroid dienone is 5. The molecule has 5 nitrogen and oxygen atoms in total. The maximum Gasteiger partial charge on any atom is 0.271 e. The highest BCUT2D eigenvalue weighted by Crippen LogP contribution is 2.25. The molecule has 0 bridgehead atoms. The summed E-state index contributed by atoms with van der Waals surface area (Å²) in [5.74, 6) is -0.819. The van der Waals surface area contributed by atoms with E-state index in [0.717, 1.165) is 18.4 Å². The second-order valence-corrected chi connectivity index (χ2v) is 5.77. The van der Waals surface area contributed by atoms with Crippen LogP contribution in [0.15, 0.2) is 59.0 Å². The summed E-state index contributed by atoms with van der Waals surface area (Å²) in [5.41, 5.74) is 1.83. The van der Waals surface area contributed by atoms with Crippen LogP contribution in [-0.4, -0.2) is 35.2 Å². The Morgan fingerprint density at radius 1 is 1.17 bits per heavy atom. The lowest BCUT2D eigenvalue weighted by atomic mass is 9.94. The van der Waals surface area contributed by atoms with Crippen LogP contribution in [0.1, 0.15) is 26.7 Å². The van der Waals surface area contributed by atoms with Crippen molar-refractivity contribution in [2.45, 2.75) is 26.7 Å². The zero-order chi connectivity index (χ0) is 17.7. The van der Waals surface area contributed by atoms with Crippen molar-refractivity contribution < 1.29 is 9.59 Å². The van der Waals surface area contributed by atoms with Crippen LogP contribution in [0, 0.1) is 11.3 Å². The van der Waals surface area contributed by atoms with Crippen molar-refractivity contribution in [1.82, 2.24) is 9.80 Å². The predicted molar refractivity (Wildman–Crippen MR) is 92.2 cm³/mol. The molecule has 0 saturated carbocycles. The number of hydrogen-bond donors (Lipinski definition) is 0. The van der Waals surface area contributed by atoms with Crippen LogP contribution in [0.2, 0.25) is 0 Å². The van der Waals surface area contributed by atoms with Crippen molar-refractivity contribution in [3.05, 3.63) is 59.0 Å². The van der Waals surface area contributed by atoms with Gasteiger partial charge in [0.15, 0.2) is 0 Å². The van der Waals surface area contributed by atoms with Gasteiger partial charge in [-0.2, -0.15) is 5.26 Å². The van der Waals surface area contributed by atoms with E-state index in [4.69, 9.17) is 0 Å². The number of imide groups is 1. The van der Waals surface area contributed by atoms with Crippen molar-refractivity contribution in [2.75, 3.05) is 13.6 Å². The first-order valence-electron chi connectivity index (χ1n) is 7.97. The Kier molecular flexibility index (Phi) is 5.54. The van der Waals surface area contributed by atoms with E-state index in [-0.39, 0.29) is 11.5 Å². The molecule has 0 saturated heterocycles. The summed E-state index contributed by atoms with van der Waals surface area (Å²) in [6.45, 7) is 3.98. The second-order valence-electron chi connectivity index (χ2n) is 5.77. The average molecular weight is 323 g/mol. The summed E-state index contributed by atoms with van der Waals surface area (Å²) < 4.78 is 0. The van der Waals surface area contributed by atoms with Crippen LogP contribution in [0.4, 0.5) is 0 Å². The lowest BCUT2D eigenvalue weighted by molar-refractivity contribution is -0.140. The van der Waals surface area contributed by atoms with E-state index in [1.54, 1.807) is 13.0 Å². The van der Waals surface area contributed by atoms with E-state index in [0.29, 0.717) is 17.7 Å². The molecule has 0 radical (unpaired) electrons. The molecule has 0 aliphatic carbocycles. The van der Waals surface area contributed by atoms with Gasteiger partial charge < -0.3 is 4.90 Å². The minimum Gasteiger partial charge on any atom is -0.357 e. The van der Waals surface area contributed by atoms with Gasteiger partial charge in [0.2, 0.25) is 0 Å². The highest BCUT2D eigenvalue weighted by molar-refractivity contribution is 6.18. The molecular weight excluding hydrogens is 302 g/mol. The summed E-state index contributed by atoms with van der Waals surface area (Å²) in [4.78, 5) is 28.1. The standard InChI is InChI=1S/C19H21N3O2/c1-4-5-10-22-18(23)16(14(2)17(13-20)19(22)24)7-6-15-8-11-21(3)12-9-15/h6-9,11-12H,4-5,10H2,1-3H3/b16-7-. The first-order chi connectivity index (χ1) is 11.5. The monoisotopic (exact) mass is 323 g/mol. The van der Waals surface area contributed by atoms with Crippen molar-refractivity contribution in [1.29, 1.82) is 5.26 Å². The molecule has 0 unspecified atom stereocenters. The van der Waals surface area contributed by atoms with Gasteiger partial charge >= 0.3 is 0 Å². The molecule has 2 heterocycles. The molecule has 2 amide bonds. The molecule has 2 aliphatic rings. The number of hydrogen-bond acceptors (Lipinski definition) is 4. The maximum absolute atomic E-state index is 12.7. The summed E-state index contributed by atoms with van der Waals surface area (Å²) in [6.07, 6.45) is 12.8. The minimum absolute atomic E-state index is 0.0461. The normalized spacial score (nSPS) is 19.4. The quantitative estimate of drug-likeness (QED) is 0.589. The van der Waals surface area contributed by atoms with Crippen molar-refractivity contribution in [3.8, 4) is 6.07 Å². The molecule has 2 rings (SSSR count). The highest BCUT2D eigenvalue weighted by Gasteiger charge is 2.34. The SMILES string of the molecule is CCCCN1C(=O)C(C#N)=C(C)/C(=C/C=C2C=CN(C)C=C2)C1=O. The van der Waals surface area contributed by atoms with E-state index in [1.807, 2.05) is 55.6 Å². The number of carbonyl (C=O) groups excluding carboxylic acids is 2. The number of carbonyl (C=O) groups is 2. The summed E-state index contributed by atoms with van der Waals surface area (Å²) >= 11 is 0. The lowest BCUT2D eigenvalue weighted by Crippen LogP contribution is -2.43. The molecule has 5 heteroatoms. The Morgan fingerprint density at radius 2 is 1.83 bits per heavy atom. The Labute approximate surface area is 142 Å². The largest absolute Gasteiger partial charge is 0.357 e. The fraction of sp³-hybridized carbons (Fsp3) is 0.316. The fourth-order valence-corrected chi connectivity index (χ4v) is 2.48. The number of nitriles is 1. The first kappa shape index (κ1) is 17.5. The molecule has 0 aromatic rings. The minimum atomic E-state index is -0.489. The van der Waals surface area contributed by atoms with Crippen molar-refractivity contribution in [3.63, 3.8) is 0 Å². The van der Waals surface area contributed by atoms with Crippen LogP contribution < -0.4 is 0 Å². The van der Waals surface area contributed by atoms with Gasteiger partial charge in [-0.15, -0.1) is 0 Å². The zero-order valence-electron chi connectivity index (χ0n) is 14.2. The van der Waals surface area contributed by atoms with Crippen molar-refractivity contribution >= 4 is 11.8 Å². The van der Waals surface area contributed by atoms with Gasteiger partial charge in [-0.3, -0.25) is 14.5 Å². The fourth-order valence-electron chi connectivity index (χ4n) is 2.48. The first-order valence-corrected chi connectivity index (χ1v) is 7.97. The predicted octanol–water partition coefficient (Wildman–Crippen LogP) is 2.82. The second kappa shape index (κ2) is 7.60. The molecule has 0 N–H and O–H groups in total. The third-order valence-electron chi connectivity index (χ3n) is 4.01. The average Bonchev–Trinajstić information content (AvgIpc) is 2.57. The van der Waals surface area contributed by atoms with Gasteiger partial charge in [0.25, 0.3) is 11.8 Å². The summed E-state index contributed by atoms with van der Waals surface area (Å²) in [7, 11) is 1.93. The van der Waals surface area contributed by atoms with Gasteiger partial charge in [0, 0.05) is 31.6 Å². The van der Waals surface area contributed by atoms with E-state index in [2.05, 4.69) is 0 Å². The van der Waals surface area contributed by atoms with Crippen molar-refractivity contribution in [2.24, 2.45) is 0 Å². The van der Waals surface area contributed by atoms with E-state index in [9.17, 15) is 14.9 Å². The third kappa shape index (κ3) is 3.54. The molecule has 0 fully saturated rings. The zero-order valence-corrected chi connectivity index (χ0v) is 14.2. The molecular formula is C19H21N3O2. The Balaban J connectivity index is 2.40. The van der Waals surface area contributed by atoms with Gasteiger partial charge in [0.05, 0.1) is 0 Å². The van der Waals surface area contributed by atoms with Crippen LogP contribution in [-0.2, 0) is 9.59 Å². The summed E-state index contributed by atoms with van der Waals surface area (Å²) in [6, 6.07) is 1.94. The van der Waals surface area contributed by atoms with Crippen LogP contribution in [0.3, 0.4) is 0 Å². The Morgan fingerprint density at radius 3 is 2.42 bits per heavy atom. The molecule has 24 heavy (non-hydrogen) atoms. The van der Waals surface area contributed by atoms with Gasteiger partial charge in [-0.1, -0.05) is 19.4 Å². The number of amides is 2. The Bertz CT molecular complexity index is 729. The van der Waals surface area contributed by atoms with Gasteiger partial charge in [0.1, 0.15) is 11.6 Å². The van der Waals surface area contributed by atoms with Crippen LogP contribution in [0.5, 0.6) is 0 Å². The summed E-state index contributed by atoms with van der Waals surface area (Å²) in [5, 5.41) is 9.29. The molecule has 0 atom stereocenters. The molecule has 0 spiro atoms. The lowest BCUT2D eigenvalue weighted by Gasteiger charge is -2.27. The molecule has 124 valence electrons. The molecule has 0 aromatic carbocycles. The highest BCUT2D eigenvalue weighted by atomic mass is 16.2. The smallest absolute Gasteiger partial charge is 0.271 e. The van der Waals surface area contributed by atoms with Crippen LogP contribution >= 0.6 is 0 Å². The van der Waals surface area contributed by atoms with Crippen LogP contribution in [0.25, 0.3) is 0 Å². The van der Waals surface area contributed by atoms with E-state index >= 15 is 0 Å². The molecule has 2 aliphatic heterocycles. The topological polar surface area (TPSA) is 64.4 Å². The Hall–Kier alpha value is -2.87. The number of rotatable bonds is 4. The number of nitrogens with zero attached hydrogens (tertiary/aromatic N) is 3. The van der Waals surface area contributed by atoms with Gasteiger partial charge in [-0.25, -0.2) is 0 Å². The molecule has 0 aromatic heterocycles. The van der Waals surface area contributed by atoms with E-state index in [1.165, 1.54) is 4.90 Å². The van der Waals surface area contributed by atoms with Gasteiger partial charge in [-0.05, 0) is 42.7 Å². The third-order valence-corrected chi connectivity index (χ3v) is 4.01. The number of unbranched alkanes of at least 4 members (excludes halogenated alkanes) is 1. The van der Waals surface area contributed by atoms with E-state index < -0.39 is 5.91 Å². The maximum atomic E-state index is 12.7.